The minimum atomic E-state index is -0.525. The van der Waals surface area contributed by atoms with Crippen molar-refractivity contribution in [3.05, 3.63) is 44.7 Å². The van der Waals surface area contributed by atoms with E-state index in [-0.39, 0.29) is 18.1 Å². The Hall–Kier alpha value is -2.26. The van der Waals surface area contributed by atoms with Gasteiger partial charge < -0.3 is 15.2 Å². The number of carbonyl (C=O) groups excluding carboxylic acids is 1. The molecule has 128 valence electrons. The highest BCUT2D eigenvalue weighted by molar-refractivity contribution is 7.12. The second-order valence-corrected chi connectivity index (χ2v) is 6.72. The van der Waals surface area contributed by atoms with Crippen molar-refractivity contribution in [2.45, 2.75) is 46.0 Å². The van der Waals surface area contributed by atoms with Gasteiger partial charge in [-0.05, 0) is 38.8 Å². The molecule has 1 aliphatic heterocycles. The fourth-order valence-electron chi connectivity index (χ4n) is 2.67. The van der Waals surface area contributed by atoms with Crippen LogP contribution in [0.2, 0.25) is 0 Å². The number of unbranched alkanes of at least 4 members (excludes halogenated alkanes) is 1. The molecule has 0 spiro atoms. The lowest BCUT2D eigenvalue weighted by Gasteiger charge is -2.25. The van der Waals surface area contributed by atoms with Gasteiger partial charge in [-0.25, -0.2) is 4.79 Å². The van der Waals surface area contributed by atoms with E-state index in [1.807, 2.05) is 6.07 Å². The summed E-state index contributed by atoms with van der Waals surface area (Å²) in [7, 11) is 0. The quantitative estimate of drug-likeness (QED) is 0.793. The average Bonchev–Trinajstić information content (AvgIpc) is 3.01. The number of nitriles is 1. The molecule has 5 nitrogen and oxygen atoms in total. The summed E-state index contributed by atoms with van der Waals surface area (Å²) in [5.41, 5.74) is 6.49. The van der Waals surface area contributed by atoms with Crippen molar-refractivity contribution in [3.8, 4) is 6.07 Å². The van der Waals surface area contributed by atoms with E-state index in [1.165, 1.54) is 4.88 Å². The van der Waals surface area contributed by atoms with Crippen molar-refractivity contribution >= 4 is 17.3 Å². The van der Waals surface area contributed by atoms with Gasteiger partial charge in [-0.3, -0.25) is 0 Å². The van der Waals surface area contributed by atoms with E-state index in [0.717, 1.165) is 24.1 Å². The second-order valence-electron chi connectivity index (χ2n) is 5.52. The van der Waals surface area contributed by atoms with Gasteiger partial charge in [0.15, 0.2) is 0 Å². The highest BCUT2D eigenvalue weighted by Crippen LogP contribution is 2.42. The van der Waals surface area contributed by atoms with Gasteiger partial charge in [-0.15, -0.1) is 11.3 Å². The molecular weight excluding hydrogens is 324 g/mol. The molecule has 0 fully saturated rings. The summed E-state index contributed by atoms with van der Waals surface area (Å²) < 4.78 is 10.6. The Balaban J connectivity index is 2.46. The van der Waals surface area contributed by atoms with Crippen molar-refractivity contribution in [3.63, 3.8) is 0 Å². The highest BCUT2D eigenvalue weighted by Gasteiger charge is 2.37. The first-order valence-electron chi connectivity index (χ1n) is 8.07. The van der Waals surface area contributed by atoms with Gasteiger partial charge in [0.1, 0.15) is 17.4 Å². The topological polar surface area (TPSA) is 85.3 Å². The maximum Gasteiger partial charge on any atom is 0.338 e. The second kappa shape index (κ2) is 8.02. The van der Waals surface area contributed by atoms with Gasteiger partial charge in [-0.1, -0.05) is 13.3 Å². The van der Waals surface area contributed by atoms with Crippen molar-refractivity contribution < 1.29 is 14.3 Å². The van der Waals surface area contributed by atoms with Crippen molar-refractivity contribution in [2.24, 2.45) is 5.73 Å². The largest absolute Gasteiger partial charge is 0.463 e. The van der Waals surface area contributed by atoms with Gasteiger partial charge in [0.2, 0.25) is 5.88 Å². The molecule has 0 aliphatic carbocycles. The smallest absolute Gasteiger partial charge is 0.338 e. The van der Waals surface area contributed by atoms with Crippen LogP contribution in [0.3, 0.4) is 0 Å². The third kappa shape index (κ3) is 3.62. The van der Waals surface area contributed by atoms with Gasteiger partial charge in [-0.2, -0.15) is 5.26 Å². The first-order valence-corrected chi connectivity index (χ1v) is 8.89. The van der Waals surface area contributed by atoms with Crippen LogP contribution in [0.1, 0.15) is 49.3 Å². The molecule has 2 N–H and O–H groups in total. The van der Waals surface area contributed by atoms with Crippen LogP contribution in [-0.4, -0.2) is 12.6 Å². The summed E-state index contributed by atoms with van der Waals surface area (Å²) in [6, 6.07) is 6.11. The number of nitrogens with zero attached hydrogens (tertiary/aromatic N) is 1. The van der Waals surface area contributed by atoms with Gasteiger partial charge in [0.25, 0.3) is 0 Å². The maximum atomic E-state index is 12.4. The molecule has 0 unspecified atom stereocenters. The van der Waals surface area contributed by atoms with E-state index in [9.17, 15) is 10.1 Å². The molecule has 0 saturated carbocycles. The highest BCUT2D eigenvalue weighted by atomic mass is 32.1. The van der Waals surface area contributed by atoms with Crippen LogP contribution in [0.25, 0.3) is 0 Å². The third-order valence-electron chi connectivity index (χ3n) is 3.84. The standard InChI is InChI=1S/C18H22N2O3S/c1-4-6-7-12-8-9-14(24-12)16-13(10-19)17(20)23-11(3)15(16)18(21)22-5-2/h8-9,16H,4-7,20H2,1-3H3/t16-/m1/s1. The Bertz CT molecular complexity index is 725. The van der Waals surface area contributed by atoms with E-state index >= 15 is 0 Å². The zero-order chi connectivity index (χ0) is 17.7. The Morgan fingerprint density at radius 1 is 1.46 bits per heavy atom. The van der Waals surface area contributed by atoms with E-state index in [2.05, 4.69) is 19.1 Å². The van der Waals surface area contributed by atoms with Crippen LogP contribution in [0.15, 0.2) is 34.9 Å². The summed E-state index contributed by atoms with van der Waals surface area (Å²) in [6.45, 7) is 5.83. The van der Waals surface area contributed by atoms with Gasteiger partial charge >= 0.3 is 5.97 Å². The zero-order valence-corrected chi connectivity index (χ0v) is 15.0. The molecule has 0 bridgehead atoms. The number of thiophene rings is 1. The number of hydrogen-bond donors (Lipinski definition) is 1. The Kier molecular flexibility index (Phi) is 6.04. The van der Waals surface area contributed by atoms with E-state index in [1.54, 1.807) is 25.2 Å². The fourth-order valence-corrected chi connectivity index (χ4v) is 3.85. The van der Waals surface area contributed by atoms with Crippen LogP contribution in [0.4, 0.5) is 0 Å². The number of hydrogen-bond acceptors (Lipinski definition) is 6. The van der Waals surface area contributed by atoms with Crippen molar-refractivity contribution in [1.82, 2.24) is 0 Å². The molecule has 1 aromatic rings. The summed E-state index contributed by atoms with van der Waals surface area (Å²) in [5, 5.41) is 9.52. The summed E-state index contributed by atoms with van der Waals surface area (Å²) in [6.07, 6.45) is 3.22. The minimum absolute atomic E-state index is 0.0524. The molecule has 24 heavy (non-hydrogen) atoms. The first kappa shape index (κ1) is 18.1. The Morgan fingerprint density at radius 3 is 2.83 bits per heavy atom. The predicted octanol–water partition coefficient (Wildman–Crippen LogP) is 3.74. The van der Waals surface area contributed by atoms with Crippen LogP contribution < -0.4 is 5.73 Å². The number of allylic oxidation sites excluding steroid dienone is 2. The number of esters is 1. The Morgan fingerprint density at radius 2 is 2.21 bits per heavy atom. The van der Waals surface area contributed by atoms with E-state index < -0.39 is 11.9 Å². The average molecular weight is 346 g/mol. The Labute approximate surface area is 146 Å². The molecule has 2 rings (SSSR count). The van der Waals surface area contributed by atoms with Gasteiger partial charge in [0.05, 0.1) is 18.1 Å². The molecule has 1 aromatic heterocycles. The van der Waals surface area contributed by atoms with E-state index in [0.29, 0.717) is 11.3 Å². The fraction of sp³-hybridized carbons (Fsp3) is 0.444. The van der Waals surface area contributed by atoms with Crippen LogP contribution >= 0.6 is 11.3 Å². The monoisotopic (exact) mass is 346 g/mol. The third-order valence-corrected chi connectivity index (χ3v) is 5.05. The number of nitrogens with two attached hydrogens (primary N) is 1. The van der Waals surface area contributed by atoms with Crippen LogP contribution in [0.5, 0.6) is 0 Å². The first-order chi connectivity index (χ1) is 11.5. The lowest BCUT2D eigenvalue weighted by molar-refractivity contribution is -0.139. The van der Waals surface area contributed by atoms with Crippen LogP contribution in [-0.2, 0) is 20.7 Å². The number of rotatable bonds is 6. The molecule has 0 radical (unpaired) electrons. The molecule has 0 saturated heterocycles. The minimum Gasteiger partial charge on any atom is -0.463 e. The molecule has 2 heterocycles. The van der Waals surface area contributed by atoms with Crippen LogP contribution in [0, 0.1) is 11.3 Å². The SMILES string of the molecule is CCCCc1ccc([C@H]2C(C#N)=C(N)OC(C)=C2C(=O)OCC)s1. The number of ether oxygens (including phenoxy) is 2. The molecule has 0 amide bonds. The summed E-state index contributed by atoms with van der Waals surface area (Å²) >= 11 is 1.60. The molecular formula is C18H22N2O3S. The lowest BCUT2D eigenvalue weighted by atomic mass is 9.87. The van der Waals surface area contributed by atoms with E-state index in [4.69, 9.17) is 15.2 Å². The van der Waals surface area contributed by atoms with Crippen molar-refractivity contribution in [1.29, 1.82) is 5.26 Å². The number of carbonyl (C=O) groups is 1. The molecule has 1 aliphatic rings. The summed E-state index contributed by atoms with van der Waals surface area (Å²) in [5.74, 6) is -0.554. The lowest BCUT2D eigenvalue weighted by Crippen LogP contribution is -2.25. The van der Waals surface area contributed by atoms with Crippen molar-refractivity contribution in [2.75, 3.05) is 6.61 Å². The normalized spacial score (nSPS) is 17.5. The zero-order valence-electron chi connectivity index (χ0n) is 14.2. The predicted molar refractivity (Wildman–Crippen MR) is 92.9 cm³/mol. The van der Waals surface area contributed by atoms with Gasteiger partial charge in [0, 0.05) is 9.75 Å². The number of aryl methyl sites for hydroxylation is 1. The molecule has 1 atom stereocenters. The molecule has 0 aromatic carbocycles. The maximum absolute atomic E-state index is 12.4. The summed E-state index contributed by atoms with van der Waals surface area (Å²) in [4.78, 5) is 14.6. The molecule has 6 heteroatoms.